The number of amides is 2. The van der Waals surface area contributed by atoms with Gasteiger partial charge in [-0.15, -0.1) is 0 Å². The maximum atomic E-state index is 12.7. The maximum absolute atomic E-state index is 12.7. The lowest BCUT2D eigenvalue weighted by atomic mass is 10.1. The van der Waals surface area contributed by atoms with Gasteiger partial charge in [-0.3, -0.25) is 9.59 Å². The Kier molecular flexibility index (Phi) is 7.66. The number of rotatable bonds is 7. The van der Waals surface area contributed by atoms with Crippen LogP contribution in [0.4, 0.5) is 5.13 Å². The normalized spacial score (nSPS) is 14.3. The Morgan fingerprint density at radius 2 is 1.77 bits per heavy atom. The van der Waals surface area contributed by atoms with E-state index in [-0.39, 0.29) is 17.9 Å². The quantitative estimate of drug-likeness (QED) is 0.649. The van der Waals surface area contributed by atoms with E-state index in [1.807, 2.05) is 29.2 Å². The lowest BCUT2D eigenvalue weighted by Crippen LogP contribution is -2.50. The number of hydrogen-bond acceptors (Lipinski definition) is 6. The summed E-state index contributed by atoms with van der Waals surface area (Å²) < 4.78 is 4.50. The van der Waals surface area contributed by atoms with Crippen molar-refractivity contribution in [1.29, 1.82) is 0 Å². The van der Waals surface area contributed by atoms with Crippen LogP contribution in [0.15, 0.2) is 24.3 Å². The van der Waals surface area contributed by atoms with Gasteiger partial charge in [0.1, 0.15) is 5.82 Å². The van der Waals surface area contributed by atoms with Gasteiger partial charge in [-0.05, 0) is 31.5 Å². The first kappa shape index (κ1) is 22.5. The molecule has 2 heterocycles. The minimum Gasteiger partial charge on any atom is -0.344 e. The minimum atomic E-state index is 0.0683. The second kappa shape index (κ2) is 10.2. The van der Waals surface area contributed by atoms with Gasteiger partial charge in [0.2, 0.25) is 16.9 Å². The number of benzene rings is 1. The molecule has 1 fully saturated rings. The highest BCUT2D eigenvalue weighted by atomic mass is 35.5. The van der Waals surface area contributed by atoms with Crippen LogP contribution in [0.3, 0.4) is 0 Å². The first-order valence-corrected chi connectivity index (χ1v) is 11.4. The molecule has 0 saturated carbocycles. The Balaban J connectivity index is 1.56. The predicted molar refractivity (Wildman–Crippen MR) is 120 cm³/mol. The molecule has 0 aliphatic carbocycles. The van der Waals surface area contributed by atoms with Crippen molar-refractivity contribution in [2.75, 3.05) is 37.6 Å². The predicted octanol–water partition coefficient (Wildman–Crippen LogP) is 3.08. The van der Waals surface area contributed by atoms with E-state index < -0.39 is 0 Å². The number of piperazine rings is 1. The van der Waals surface area contributed by atoms with Gasteiger partial charge in [-0.25, -0.2) is 4.98 Å². The Labute approximate surface area is 186 Å². The zero-order chi connectivity index (χ0) is 21.7. The zero-order valence-electron chi connectivity index (χ0n) is 17.7. The van der Waals surface area contributed by atoms with E-state index in [1.165, 1.54) is 11.5 Å². The number of nitrogens with zero attached hydrogens (tertiary/aromatic N) is 5. The molecule has 1 aromatic carbocycles. The summed E-state index contributed by atoms with van der Waals surface area (Å²) in [6.07, 6.45) is 1.07. The summed E-state index contributed by atoms with van der Waals surface area (Å²) in [4.78, 5) is 34.6. The first-order chi connectivity index (χ1) is 14.3. The van der Waals surface area contributed by atoms with Crippen LogP contribution in [0.5, 0.6) is 0 Å². The molecule has 0 atom stereocenters. The third kappa shape index (κ3) is 5.92. The van der Waals surface area contributed by atoms with Crippen LogP contribution in [-0.4, -0.2) is 69.7 Å². The fourth-order valence-electron chi connectivity index (χ4n) is 3.44. The molecule has 0 N–H and O–H groups in total. The van der Waals surface area contributed by atoms with Crippen LogP contribution < -0.4 is 4.90 Å². The van der Waals surface area contributed by atoms with E-state index in [0.717, 1.165) is 16.5 Å². The molecule has 2 aromatic rings. The van der Waals surface area contributed by atoms with Crippen LogP contribution in [0.1, 0.15) is 38.6 Å². The Morgan fingerprint density at radius 3 is 2.37 bits per heavy atom. The second-order valence-electron chi connectivity index (χ2n) is 7.72. The van der Waals surface area contributed by atoms with Crippen molar-refractivity contribution in [1.82, 2.24) is 19.2 Å². The van der Waals surface area contributed by atoms with Crippen molar-refractivity contribution in [3.05, 3.63) is 40.7 Å². The highest BCUT2D eigenvalue weighted by molar-refractivity contribution is 7.09. The molecule has 3 rings (SSSR count). The van der Waals surface area contributed by atoms with E-state index >= 15 is 0 Å². The third-order valence-electron chi connectivity index (χ3n) is 5.25. The van der Waals surface area contributed by atoms with E-state index in [2.05, 4.69) is 23.1 Å². The van der Waals surface area contributed by atoms with E-state index in [1.54, 1.807) is 11.8 Å². The van der Waals surface area contributed by atoms with E-state index in [4.69, 9.17) is 16.6 Å². The molecule has 162 valence electrons. The third-order valence-corrected chi connectivity index (χ3v) is 6.29. The van der Waals surface area contributed by atoms with Gasteiger partial charge in [0.15, 0.2) is 0 Å². The topological polar surface area (TPSA) is 69.6 Å². The van der Waals surface area contributed by atoms with Gasteiger partial charge in [0.25, 0.3) is 0 Å². The van der Waals surface area contributed by atoms with Crippen molar-refractivity contribution in [2.45, 2.75) is 39.7 Å². The lowest BCUT2D eigenvalue weighted by molar-refractivity contribution is -0.138. The molecule has 0 radical (unpaired) electrons. The number of carbonyl (C=O) groups is 2. The number of anilines is 1. The van der Waals surface area contributed by atoms with Gasteiger partial charge >= 0.3 is 0 Å². The molecule has 9 heteroatoms. The summed E-state index contributed by atoms with van der Waals surface area (Å²) in [5.41, 5.74) is 1.11. The van der Waals surface area contributed by atoms with Crippen LogP contribution in [0.25, 0.3) is 0 Å². The number of aromatic nitrogens is 2. The van der Waals surface area contributed by atoms with E-state index in [9.17, 15) is 9.59 Å². The summed E-state index contributed by atoms with van der Waals surface area (Å²) in [5.74, 6) is 0.961. The van der Waals surface area contributed by atoms with E-state index in [0.29, 0.717) is 50.6 Å². The van der Waals surface area contributed by atoms with Crippen molar-refractivity contribution >= 4 is 40.1 Å². The molecule has 0 bridgehead atoms. The molecule has 1 aliphatic rings. The number of halogens is 1. The fraction of sp³-hybridized carbons (Fsp3) is 0.524. The molecule has 0 spiro atoms. The standard InChI is InChI=1S/C21H28ClN5O2S/c1-15(2)27(9-8-20(29)26-12-10-25(11-13-26)16(3)28)21-23-19(24-30-21)14-17-4-6-18(22)7-5-17/h4-7,15H,8-14H2,1-3H3. The summed E-state index contributed by atoms with van der Waals surface area (Å²) in [6, 6.07) is 7.91. The molecule has 30 heavy (non-hydrogen) atoms. The molecule has 1 aromatic heterocycles. The molecule has 0 unspecified atom stereocenters. The maximum Gasteiger partial charge on any atom is 0.224 e. The Bertz CT molecular complexity index is 863. The van der Waals surface area contributed by atoms with Gasteiger partial charge in [-0.1, -0.05) is 23.7 Å². The van der Waals surface area contributed by atoms with Gasteiger partial charge in [-0.2, -0.15) is 4.37 Å². The van der Waals surface area contributed by atoms with Crippen molar-refractivity contribution in [2.24, 2.45) is 0 Å². The average Bonchev–Trinajstić information content (AvgIpc) is 3.17. The van der Waals surface area contributed by atoms with Crippen LogP contribution in [0, 0.1) is 0 Å². The van der Waals surface area contributed by atoms with Crippen molar-refractivity contribution in [3.8, 4) is 0 Å². The Hall–Kier alpha value is -2.19. The highest BCUT2D eigenvalue weighted by Crippen LogP contribution is 2.22. The van der Waals surface area contributed by atoms with Crippen LogP contribution >= 0.6 is 23.1 Å². The van der Waals surface area contributed by atoms with Crippen LogP contribution in [-0.2, 0) is 16.0 Å². The second-order valence-corrected chi connectivity index (χ2v) is 8.89. The monoisotopic (exact) mass is 449 g/mol. The summed E-state index contributed by atoms with van der Waals surface area (Å²) in [7, 11) is 0. The smallest absolute Gasteiger partial charge is 0.224 e. The van der Waals surface area contributed by atoms with Gasteiger partial charge in [0.05, 0.1) is 0 Å². The van der Waals surface area contributed by atoms with Crippen LogP contribution in [0.2, 0.25) is 5.02 Å². The molecular weight excluding hydrogens is 422 g/mol. The fourth-order valence-corrected chi connectivity index (χ4v) is 4.41. The molecule has 7 nitrogen and oxygen atoms in total. The molecule has 1 aliphatic heterocycles. The summed E-state index contributed by atoms with van der Waals surface area (Å²) in [5, 5.41) is 1.55. The number of hydrogen-bond donors (Lipinski definition) is 0. The Morgan fingerprint density at radius 1 is 1.13 bits per heavy atom. The van der Waals surface area contributed by atoms with Crippen molar-refractivity contribution in [3.63, 3.8) is 0 Å². The largest absolute Gasteiger partial charge is 0.344 e. The average molecular weight is 450 g/mol. The SMILES string of the molecule is CC(=O)N1CCN(C(=O)CCN(c2nc(Cc3ccc(Cl)cc3)ns2)C(C)C)CC1. The minimum absolute atomic E-state index is 0.0683. The van der Waals surface area contributed by atoms with Gasteiger partial charge < -0.3 is 14.7 Å². The first-order valence-electron chi connectivity index (χ1n) is 10.2. The van der Waals surface area contributed by atoms with Gasteiger partial charge in [0, 0.05) is 75.1 Å². The number of carbonyl (C=O) groups excluding carboxylic acids is 2. The van der Waals surface area contributed by atoms with Crippen molar-refractivity contribution < 1.29 is 9.59 Å². The highest BCUT2D eigenvalue weighted by Gasteiger charge is 2.24. The zero-order valence-corrected chi connectivity index (χ0v) is 19.2. The molecular formula is C21H28ClN5O2S. The molecule has 2 amide bonds. The lowest BCUT2D eigenvalue weighted by Gasteiger charge is -2.35. The summed E-state index contributed by atoms with van der Waals surface area (Å²) >= 11 is 7.32. The summed E-state index contributed by atoms with van der Waals surface area (Å²) in [6.45, 7) is 8.78. The molecule has 1 saturated heterocycles.